The van der Waals surface area contributed by atoms with E-state index < -0.39 is 5.82 Å². The first-order valence-electron chi connectivity index (χ1n) is 10.2. The maximum Gasteiger partial charge on any atom is 0.180 e. The van der Waals surface area contributed by atoms with Gasteiger partial charge in [0, 0.05) is 29.2 Å². The number of ether oxygens (including phenoxy) is 2. The molecule has 0 aliphatic carbocycles. The molecule has 32 heavy (non-hydrogen) atoms. The van der Waals surface area contributed by atoms with Crippen molar-refractivity contribution >= 4 is 34.1 Å². The largest absolute Gasteiger partial charge is 0.493 e. The normalized spacial score (nSPS) is 11.1. The van der Waals surface area contributed by atoms with Crippen LogP contribution in [-0.4, -0.2) is 18.6 Å². The smallest absolute Gasteiger partial charge is 0.180 e. The fourth-order valence-electron chi connectivity index (χ4n) is 3.62. The van der Waals surface area contributed by atoms with E-state index in [0.717, 1.165) is 24.0 Å². The maximum atomic E-state index is 14.0. The molecule has 1 heterocycles. The Morgan fingerprint density at radius 2 is 1.88 bits per heavy atom. The molecule has 1 aromatic heterocycles. The van der Waals surface area contributed by atoms with E-state index in [2.05, 4.69) is 28.6 Å². The van der Waals surface area contributed by atoms with Crippen molar-refractivity contribution in [3.63, 3.8) is 0 Å². The van der Waals surface area contributed by atoms with E-state index in [9.17, 15) is 4.39 Å². The van der Waals surface area contributed by atoms with E-state index in [4.69, 9.17) is 32.7 Å². The second kappa shape index (κ2) is 10.3. The van der Waals surface area contributed by atoms with Gasteiger partial charge in [0.2, 0.25) is 0 Å². The average Bonchev–Trinajstić information content (AvgIpc) is 3.20. The number of hydrogen-bond acceptors (Lipinski definition) is 3. The third-order valence-electron chi connectivity index (χ3n) is 5.29. The van der Waals surface area contributed by atoms with E-state index in [1.165, 1.54) is 17.0 Å². The van der Waals surface area contributed by atoms with Crippen LogP contribution in [0.15, 0.2) is 60.8 Å². The molecule has 3 aromatic carbocycles. The number of rotatable bonds is 9. The quantitative estimate of drug-likeness (QED) is 0.272. The maximum absolute atomic E-state index is 14.0. The van der Waals surface area contributed by atoms with Crippen molar-refractivity contribution in [2.45, 2.75) is 19.6 Å². The van der Waals surface area contributed by atoms with Crippen molar-refractivity contribution in [2.24, 2.45) is 0 Å². The van der Waals surface area contributed by atoms with Crippen LogP contribution in [0.5, 0.6) is 11.5 Å². The second-order valence-corrected chi connectivity index (χ2v) is 8.20. The highest BCUT2D eigenvalue weighted by Gasteiger charge is 2.15. The molecule has 0 unspecified atom stereocenters. The van der Waals surface area contributed by atoms with Gasteiger partial charge in [-0.25, -0.2) is 4.39 Å². The highest BCUT2D eigenvalue weighted by molar-refractivity contribution is 6.32. The molecule has 0 aliphatic heterocycles. The molecule has 166 valence electrons. The second-order valence-electron chi connectivity index (χ2n) is 7.38. The topological polar surface area (TPSA) is 46.3 Å². The summed E-state index contributed by atoms with van der Waals surface area (Å²) in [5.74, 6) is 0.415. The summed E-state index contributed by atoms with van der Waals surface area (Å²) >= 11 is 12.5. The van der Waals surface area contributed by atoms with Crippen molar-refractivity contribution in [3.8, 4) is 11.5 Å². The van der Waals surface area contributed by atoms with E-state index in [1.54, 1.807) is 19.2 Å². The number of aromatic amines is 1. The summed E-state index contributed by atoms with van der Waals surface area (Å²) in [6.07, 6.45) is 2.96. The fraction of sp³-hybridized carbons (Fsp3) is 0.200. The van der Waals surface area contributed by atoms with Crippen LogP contribution in [0.3, 0.4) is 0 Å². The summed E-state index contributed by atoms with van der Waals surface area (Å²) in [7, 11) is 1.54. The van der Waals surface area contributed by atoms with Crippen molar-refractivity contribution in [1.29, 1.82) is 0 Å². The van der Waals surface area contributed by atoms with Gasteiger partial charge in [-0.3, -0.25) is 0 Å². The van der Waals surface area contributed by atoms with Crippen LogP contribution < -0.4 is 14.8 Å². The van der Waals surface area contributed by atoms with Gasteiger partial charge in [-0.05, 0) is 54.4 Å². The molecule has 0 aliphatic rings. The Kier molecular flexibility index (Phi) is 7.20. The molecule has 0 radical (unpaired) electrons. The van der Waals surface area contributed by atoms with Gasteiger partial charge >= 0.3 is 0 Å². The van der Waals surface area contributed by atoms with Crippen LogP contribution in [-0.2, 0) is 19.6 Å². The summed E-state index contributed by atoms with van der Waals surface area (Å²) in [5.41, 5.74) is 3.66. The molecule has 4 rings (SSSR count). The Hall–Kier alpha value is -2.73. The third-order valence-corrected chi connectivity index (χ3v) is 5.92. The lowest BCUT2D eigenvalue weighted by atomic mass is 10.1. The molecule has 0 bridgehead atoms. The lowest BCUT2D eigenvalue weighted by Crippen LogP contribution is -2.16. The predicted octanol–water partition coefficient (Wildman–Crippen LogP) is 6.53. The van der Waals surface area contributed by atoms with Crippen LogP contribution in [0.2, 0.25) is 10.0 Å². The van der Waals surface area contributed by atoms with Crippen molar-refractivity contribution in [2.75, 3.05) is 13.7 Å². The van der Waals surface area contributed by atoms with Crippen LogP contribution in [0.4, 0.5) is 4.39 Å². The molecule has 4 aromatic rings. The number of aromatic nitrogens is 1. The predicted molar refractivity (Wildman–Crippen MR) is 127 cm³/mol. The number of hydrogen-bond donors (Lipinski definition) is 2. The molecular formula is C25H23Cl2FN2O2. The molecule has 4 nitrogen and oxygen atoms in total. The molecule has 0 saturated heterocycles. The van der Waals surface area contributed by atoms with E-state index in [0.29, 0.717) is 28.1 Å². The number of H-pyrrole nitrogens is 1. The molecule has 0 spiro atoms. The number of benzene rings is 3. The van der Waals surface area contributed by atoms with E-state index in [-0.39, 0.29) is 12.2 Å². The zero-order valence-corrected chi connectivity index (χ0v) is 19.1. The van der Waals surface area contributed by atoms with Gasteiger partial charge in [0.05, 0.1) is 17.2 Å². The van der Waals surface area contributed by atoms with E-state index >= 15 is 0 Å². The minimum atomic E-state index is -0.427. The van der Waals surface area contributed by atoms with Gasteiger partial charge in [-0.1, -0.05) is 47.5 Å². The standard InChI is InChI=1S/C25H23Cl2FN2O2/c1-31-24-12-16(13-29-10-9-17-14-30-23-8-3-2-5-18(17)23)11-21(27)25(24)32-15-19-20(26)6-4-7-22(19)28/h2-8,11-12,14,29-30H,9-10,13,15H2,1H3. The lowest BCUT2D eigenvalue weighted by molar-refractivity contribution is 0.280. The summed E-state index contributed by atoms with van der Waals surface area (Å²) in [5, 5.41) is 5.38. The minimum absolute atomic E-state index is 0.0518. The Balaban J connectivity index is 1.38. The first-order valence-corrected chi connectivity index (χ1v) is 11.0. The Bertz CT molecular complexity index is 1210. The molecule has 0 atom stereocenters. The highest BCUT2D eigenvalue weighted by atomic mass is 35.5. The molecule has 0 amide bonds. The van der Waals surface area contributed by atoms with E-state index in [1.807, 2.05) is 24.3 Å². The molecule has 2 N–H and O–H groups in total. The fourth-order valence-corrected chi connectivity index (χ4v) is 4.13. The van der Waals surface area contributed by atoms with Crippen molar-refractivity contribution in [3.05, 3.63) is 93.3 Å². The highest BCUT2D eigenvalue weighted by Crippen LogP contribution is 2.37. The Labute approximate surface area is 196 Å². The Morgan fingerprint density at radius 1 is 1.03 bits per heavy atom. The third kappa shape index (κ3) is 5.01. The SMILES string of the molecule is COc1cc(CNCCc2c[nH]c3ccccc23)cc(Cl)c1OCc1c(F)cccc1Cl. The number of nitrogens with one attached hydrogen (secondary N) is 2. The summed E-state index contributed by atoms with van der Waals surface area (Å²) in [6.45, 7) is 1.38. The van der Waals surface area contributed by atoms with Gasteiger partial charge < -0.3 is 19.8 Å². The van der Waals surface area contributed by atoms with Gasteiger partial charge in [0.15, 0.2) is 11.5 Å². The van der Waals surface area contributed by atoms with Crippen LogP contribution in [0, 0.1) is 5.82 Å². The zero-order valence-electron chi connectivity index (χ0n) is 17.6. The molecule has 7 heteroatoms. The van der Waals surface area contributed by atoms with Gasteiger partial charge in [-0.2, -0.15) is 0 Å². The first-order chi connectivity index (χ1) is 15.6. The molecule has 0 saturated carbocycles. The number of fused-ring (bicyclic) bond motifs is 1. The number of methoxy groups -OCH3 is 1. The Morgan fingerprint density at radius 3 is 2.69 bits per heavy atom. The molecule has 0 fully saturated rings. The van der Waals surface area contributed by atoms with Crippen LogP contribution >= 0.6 is 23.2 Å². The van der Waals surface area contributed by atoms with Gasteiger partial charge in [-0.15, -0.1) is 0 Å². The summed E-state index contributed by atoms with van der Waals surface area (Å²) in [4.78, 5) is 3.30. The monoisotopic (exact) mass is 472 g/mol. The summed E-state index contributed by atoms with van der Waals surface area (Å²) < 4.78 is 25.3. The van der Waals surface area contributed by atoms with Crippen molar-refractivity contribution < 1.29 is 13.9 Å². The van der Waals surface area contributed by atoms with Crippen molar-refractivity contribution in [1.82, 2.24) is 10.3 Å². The minimum Gasteiger partial charge on any atom is -0.493 e. The number of halogens is 3. The summed E-state index contributed by atoms with van der Waals surface area (Å²) in [6, 6.07) is 16.5. The average molecular weight is 473 g/mol. The van der Waals surface area contributed by atoms with Crippen LogP contribution in [0.1, 0.15) is 16.7 Å². The first kappa shape index (κ1) is 22.5. The lowest BCUT2D eigenvalue weighted by Gasteiger charge is -2.15. The number of para-hydroxylation sites is 1. The van der Waals surface area contributed by atoms with Gasteiger partial charge in [0.25, 0.3) is 0 Å². The molecular weight excluding hydrogens is 450 g/mol. The van der Waals surface area contributed by atoms with Gasteiger partial charge in [0.1, 0.15) is 12.4 Å². The van der Waals surface area contributed by atoms with Crippen LogP contribution in [0.25, 0.3) is 10.9 Å². The zero-order chi connectivity index (χ0) is 22.5.